The average molecular weight is 416 g/mol. The third-order valence-electron chi connectivity index (χ3n) is 5.97. The van der Waals surface area contributed by atoms with E-state index in [4.69, 9.17) is 0 Å². The molecule has 148 valence electrons. The van der Waals surface area contributed by atoms with E-state index in [9.17, 15) is 10.1 Å². The molecule has 0 bridgehead atoms. The summed E-state index contributed by atoms with van der Waals surface area (Å²) >= 11 is 3.09. The van der Waals surface area contributed by atoms with E-state index in [0.717, 1.165) is 54.4 Å². The standard InChI is InChI=1S/C20H25N5OS2/c1-14-7-9-20(13-21,10-8-14)24(2)17(26)12-28-19-23-22-18(16-4-3-11-27-16)25(19)15-5-6-15/h3-4,11,14-15H,5-10,12H2,1-2H3. The van der Waals surface area contributed by atoms with Crippen LogP contribution in [0.3, 0.4) is 0 Å². The number of thioether (sulfide) groups is 1. The summed E-state index contributed by atoms with van der Waals surface area (Å²) in [5.74, 6) is 1.80. The number of carbonyl (C=O) groups excluding carboxylic acids is 1. The van der Waals surface area contributed by atoms with E-state index in [1.54, 1.807) is 23.3 Å². The number of aromatic nitrogens is 3. The minimum atomic E-state index is -0.656. The number of nitrogens with zero attached hydrogens (tertiary/aromatic N) is 5. The summed E-state index contributed by atoms with van der Waals surface area (Å²) in [5.41, 5.74) is -0.656. The Morgan fingerprint density at radius 3 is 2.75 bits per heavy atom. The molecule has 0 spiro atoms. The topological polar surface area (TPSA) is 74.8 Å². The Labute approximate surface area is 173 Å². The molecule has 2 aromatic rings. The van der Waals surface area contributed by atoms with Gasteiger partial charge in [-0.25, -0.2) is 0 Å². The average Bonchev–Trinajstić information content (AvgIpc) is 3.23. The Balaban J connectivity index is 1.46. The highest BCUT2D eigenvalue weighted by molar-refractivity contribution is 7.99. The summed E-state index contributed by atoms with van der Waals surface area (Å²) in [6.45, 7) is 2.22. The van der Waals surface area contributed by atoms with Gasteiger partial charge in [0.05, 0.1) is 16.7 Å². The van der Waals surface area contributed by atoms with E-state index >= 15 is 0 Å². The van der Waals surface area contributed by atoms with Crippen molar-refractivity contribution >= 4 is 29.0 Å². The molecule has 2 aliphatic carbocycles. The number of thiophene rings is 1. The van der Waals surface area contributed by atoms with Gasteiger partial charge < -0.3 is 4.90 Å². The molecule has 6 nitrogen and oxygen atoms in total. The zero-order valence-corrected chi connectivity index (χ0v) is 17.9. The van der Waals surface area contributed by atoms with Gasteiger partial charge in [0.15, 0.2) is 11.0 Å². The summed E-state index contributed by atoms with van der Waals surface area (Å²) < 4.78 is 2.19. The lowest BCUT2D eigenvalue weighted by Crippen LogP contribution is -2.51. The molecule has 0 aliphatic heterocycles. The first-order chi connectivity index (χ1) is 13.5. The second-order valence-electron chi connectivity index (χ2n) is 7.95. The number of carbonyl (C=O) groups is 1. The monoisotopic (exact) mass is 415 g/mol. The van der Waals surface area contributed by atoms with E-state index < -0.39 is 5.54 Å². The highest BCUT2D eigenvalue weighted by atomic mass is 32.2. The number of hydrogen-bond donors (Lipinski definition) is 0. The van der Waals surface area contributed by atoms with Crippen LogP contribution in [-0.2, 0) is 4.79 Å². The van der Waals surface area contributed by atoms with Crippen molar-refractivity contribution in [1.82, 2.24) is 19.7 Å². The molecule has 0 saturated heterocycles. The largest absolute Gasteiger partial charge is 0.326 e. The van der Waals surface area contributed by atoms with Gasteiger partial charge in [-0.05, 0) is 55.9 Å². The summed E-state index contributed by atoms with van der Waals surface area (Å²) in [6, 6.07) is 6.96. The molecule has 28 heavy (non-hydrogen) atoms. The van der Waals surface area contributed by atoms with Crippen molar-refractivity contribution in [2.45, 2.75) is 62.2 Å². The highest BCUT2D eigenvalue weighted by Gasteiger charge is 2.40. The van der Waals surface area contributed by atoms with Crippen LogP contribution >= 0.6 is 23.1 Å². The number of rotatable bonds is 6. The molecule has 2 aliphatic rings. The number of amides is 1. The fourth-order valence-corrected chi connectivity index (χ4v) is 5.46. The maximum atomic E-state index is 12.9. The molecule has 1 amide bonds. The van der Waals surface area contributed by atoms with Crippen molar-refractivity contribution < 1.29 is 4.79 Å². The molecule has 2 saturated carbocycles. The van der Waals surface area contributed by atoms with Crippen LogP contribution in [0.5, 0.6) is 0 Å². The van der Waals surface area contributed by atoms with Crippen molar-refractivity contribution in [2.75, 3.05) is 12.8 Å². The third-order valence-corrected chi connectivity index (χ3v) is 7.76. The highest BCUT2D eigenvalue weighted by Crippen LogP contribution is 2.42. The van der Waals surface area contributed by atoms with Crippen LogP contribution in [0.4, 0.5) is 0 Å². The van der Waals surface area contributed by atoms with Crippen molar-refractivity contribution in [3.05, 3.63) is 17.5 Å². The van der Waals surface area contributed by atoms with E-state index in [0.29, 0.717) is 12.0 Å². The molecular formula is C20H25N5OS2. The van der Waals surface area contributed by atoms with Crippen molar-refractivity contribution in [3.63, 3.8) is 0 Å². The summed E-state index contributed by atoms with van der Waals surface area (Å²) in [7, 11) is 1.78. The van der Waals surface area contributed by atoms with Gasteiger partial charge in [0.2, 0.25) is 5.91 Å². The van der Waals surface area contributed by atoms with Crippen molar-refractivity contribution in [2.24, 2.45) is 5.92 Å². The molecule has 0 aromatic carbocycles. The Morgan fingerprint density at radius 2 is 2.14 bits per heavy atom. The minimum Gasteiger partial charge on any atom is -0.326 e. The molecule has 4 rings (SSSR count). The van der Waals surface area contributed by atoms with Gasteiger partial charge in [-0.2, -0.15) is 5.26 Å². The molecule has 0 radical (unpaired) electrons. The van der Waals surface area contributed by atoms with Gasteiger partial charge in [0, 0.05) is 13.1 Å². The van der Waals surface area contributed by atoms with Gasteiger partial charge in [0.1, 0.15) is 5.54 Å². The minimum absolute atomic E-state index is 0.0101. The Bertz CT molecular complexity index is 873. The zero-order valence-electron chi connectivity index (χ0n) is 16.3. The first kappa shape index (κ1) is 19.5. The lowest BCUT2D eigenvalue weighted by Gasteiger charge is -2.40. The Morgan fingerprint density at radius 1 is 1.39 bits per heavy atom. The van der Waals surface area contributed by atoms with Crippen molar-refractivity contribution in [1.29, 1.82) is 5.26 Å². The molecule has 2 fully saturated rings. The van der Waals surface area contributed by atoms with Gasteiger partial charge >= 0.3 is 0 Å². The molecule has 8 heteroatoms. The molecule has 0 unspecified atom stereocenters. The van der Waals surface area contributed by atoms with Gasteiger partial charge in [-0.15, -0.1) is 21.5 Å². The van der Waals surface area contributed by atoms with Crippen LogP contribution in [0.15, 0.2) is 22.7 Å². The van der Waals surface area contributed by atoms with Gasteiger partial charge in [-0.3, -0.25) is 9.36 Å². The van der Waals surface area contributed by atoms with Gasteiger partial charge in [-0.1, -0.05) is 24.8 Å². The predicted molar refractivity (Wildman–Crippen MR) is 111 cm³/mol. The Hall–Kier alpha value is -1.85. The first-order valence-electron chi connectivity index (χ1n) is 9.83. The molecule has 2 heterocycles. The molecular weight excluding hydrogens is 390 g/mol. The lowest BCUT2D eigenvalue weighted by atomic mass is 9.77. The Kier molecular flexibility index (Phi) is 5.48. The van der Waals surface area contributed by atoms with Crippen LogP contribution < -0.4 is 0 Å². The lowest BCUT2D eigenvalue weighted by molar-refractivity contribution is -0.132. The van der Waals surface area contributed by atoms with Crippen LogP contribution in [0, 0.1) is 17.2 Å². The molecule has 2 aromatic heterocycles. The summed E-state index contributed by atoms with van der Waals surface area (Å²) in [5, 5.41) is 21.4. The van der Waals surface area contributed by atoms with Crippen LogP contribution in [0.1, 0.15) is 51.5 Å². The predicted octanol–water partition coefficient (Wildman–Crippen LogP) is 4.36. The van der Waals surface area contributed by atoms with E-state index in [1.807, 2.05) is 11.4 Å². The number of hydrogen-bond acceptors (Lipinski definition) is 6. The second-order valence-corrected chi connectivity index (χ2v) is 9.84. The fraction of sp³-hybridized carbons (Fsp3) is 0.600. The first-order valence-corrected chi connectivity index (χ1v) is 11.7. The van der Waals surface area contributed by atoms with Crippen molar-refractivity contribution in [3.8, 4) is 16.8 Å². The van der Waals surface area contributed by atoms with Crippen LogP contribution in [-0.4, -0.2) is 43.9 Å². The zero-order chi connectivity index (χ0) is 19.7. The van der Waals surface area contributed by atoms with E-state index in [-0.39, 0.29) is 11.7 Å². The van der Waals surface area contributed by atoms with Crippen LogP contribution in [0.25, 0.3) is 10.7 Å². The van der Waals surface area contributed by atoms with E-state index in [1.165, 1.54) is 11.8 Å². The van der Waals surface area contributed by atoms with Gasteiger partial charge in [0.25, 0.3) is 0 Å². The normalized spacial score (nSPS) is 24.7. The third kappa shape index (κ3) is 3.70. The SMILES string of the molecule is CC1CCC(C#N)(N(C)C(=O)CSc2nnc(-c3cccs3)n2C2CC2)CC1. The maximum Gasteiger partial charge on any atom is 0.234 e. The number of nitriles is 1. The summed E-state index contributed by atoms with van der Waals surface area (Å²) in [6.07, 6.45) is 5.79. The summed E-state index contributed by atoms with van der Waals surface area (Å²) in [4.78, 5) is 15.7. The van der Waals surface area contributed by atoms with Crippen LogP contribution in [0.2, 0.25) is 0 Å². The van der Waals surface area contributed by atoms with E-state index in [2.05, 4.69) is 33.8 Å². The molecule has 0 N–H and O–H groups in total. The quantitative estimate of drug-likeness (QED) is 0.655. The fourth-order valence-electron chi connectivity index (χ4n) is 3.83. The maximum absolute atomic E-state index is 12.9. The second kappa shape index (κ2) is 7.88. The smallest absolute Gasteiger partial charge is 0.234 e. The molecule has 0 atom stereocenters.